The number of amides is 1. The Balaban J connectivity index is 1.49. The number of benzene rings is 1. The van der Waals surface area contributed by atoms with Crippen LogP contribution in [0.25, 0.3) is 11.0 Å². The van der Waals surface area contributed by atoms with E-state index in [0.29, 0.717) is 31.7 Å². The molecule has 0 spiro atoms. The Labute approximate surface area is 286 Å². The number of aromatic nitrogens is 2. The molecule has 0 unspecified atom stereocenters. The molecule has 10 nitrogen and oxygen atoms in total. The largest absolute Gasteiger partial charge is 0.471 e. The second-order valence-electron chi connectivity index (χ2n) is 14.6. The number of fused-ring (bicyclic) bond motifs is 3. The van der Waals surface area contributed by atoms with Gasteiger partial charge < -0.3 is 19.1 Å². The highest BCUT2D eigenvalue weighted by atomic mass is 19.3. The molecule has 12 heteroatoms. The van der Waals surface area contributed by atoms with Crippen molar-refractivity contribution in [3.05, 3.63) is 42.1 Å². The van der Waals surface area contributed by atoms with E-state index in [4.69, 9.17) is 14.2 Å². The van der Waals surface area contributed by atoms with Crippen molar-refractivity contribution in [3.8, 4) is 5.88 Å². The van der Waals surface area contributed by atoms with Crippen molar-refractivity contribution >= 4 is 34.7 Å². The van der Waals surface area contributed by atoms with Crippen molar-refractivity contribution in [1.29, 1.82) is 0 Å². The third-order valence-corrected chi connectivity index (χ3v) is 9.43. The first kappa shape index (κ1) is 36.3. The van der Waals surface area contributed by atoms with Gasteiger partial charge in [0.2, 0.25) is 11.8 Å². The first-order valence-electron chi connectivity index (χ1n) is 17.3. The second kappa shape index (κ2) is 14.5. The first-order chi connectivity index (χ1) is 23.1. The summed E-state index contributed by atoms with van der Waals surface area (Å²) in [5.74, 6) is -6.43. The molecule has 0 N–H and O–H groups in total. The number of hydrogen-bond donors (Lipinski definition) is 0. The van der Waals surface area contributed by atoms with Crippen molar-refractivity contribution in [2.75, 3.05) is 13.2 Å². The molecule has 49 heavy (non-hydrogen) atoms. The van der Waals surface area contributed by atoms with Crippen LogP contribution in [0.1, 0.15) is 98.1 Å². The number of carbonyl (C=O) groups excluding carboxylic acids is 4. The number of allylic oxidation sites excluding steroid dienone is 2. The fourth-order valence-corrected chi connectivity index (χ4v) is 6.96. The Morgan fingerprint density at radius 2 is 1.76 bits per heavy atom. The molecular formula is C37H47F2N3O7. The summed E-state index contributed by atoms with van der Waals surface area (Å²) in [7, 11) is 0. The number of rotatable bonds is 7. The summed E-state index contributed by atoms with van der Waals surface area (Å²) in [6.07, 6.45) is 6.83. The minimum Gasteiger partial charge on any atom is -0.471 e. The zero-order valence-electron chi connectivity index (χ0n) is 29.0. The van der Waals surface area contributed by atoms with Crippen LogP contribution in [0.4, 0.5) is 8.78 Å². The van der Waals surface area contributed by atoms with E-state index < -0.39 is 58.5 Å². The molecule has 3 heterocycles. The molecule has 1 aliphatic carbocycles. The van der Waals surface area contributed by atoms with Gasteiger partial charge in [-0.1, -0.05) is 37.1 Å². The summed E-state index contributed by atoms with van der Waals surface area (Å²) < 4.78 is 46.7. The molecule has 266 valence electrons. The molecule has 0 bridgehead atoms. The molecule has 2 fully saturated rings. The Kier molecular flexibility index (Phi) is 10.7. The molecule has 1 saturated carbocycles. The predicted octanol–water partition coefficient (Wildman–Crippen LogP) is 6.49. The van der Waals surface area contributed by atoms with Crippen LogP contribution in [0.15, 0.2) is 36.4 Å². The molecule has 2 aliphatic heterocycles. The van der Waals surface area contributed by atoms with Crippen molar-refractivity contribution in [3.63, 3.8) is 0 Å². The standard InChI is InChI=1S/C37H47F2N3O7/c1-6-47-34(46)37-20-24(37)15-11-9-7-8-10-14-23(18-30(44)49-35(2,3)4)33(45)42-22-25(19-28(42)29(43)21-37)48-32-31(36(5,38)39)40-26-16-12-13-17-27(26)41-32/h11-13,15-17,23-25,28H,6-10,14,18-22H2,1-5H3/b15-11-/t23-,24-,25-,28+,37-/m1/s1. The Morgan fingerprint density at radius 1 is 1.04 bits per heavy atom. The van der Waals surface area contributed by atoms with E-state index >= 15 is 0 Å². The summed E-state index contributed by atoms with van der Waals surface area (Å²) in [5.41, 5.74) is -1.80. The van der Waals surface area contributed by atoms with Gasteiger partial charge in [-0.3, -0.25) is 19.2 Å². The van der Waals surface area contributed by atoms with E-state index in [9.17, 15) is 28.0 Å². The fourth-order valence-electron chi connectivity index (χ4n) is 6.96. The lowest BCUT2D eigenvalue weighted by atomic mass is 9.91. The van der Waals surface area contributed by atoms with Crippen LogP contribution in [0.2, 0.25) is 0 Å². The van der Waals surface area contributed by atoms with Gasteiger partial charge in [-0.25, -0.2) is 9.97 Å². The molecule has 1 aromatic heterocycles. The van der Waals surface area contributed by atoms with Crippen LogP contribution in [0.5, 0.6) is 5.88 Å². The SMILES string of the molecule is CCOC(=O)[C@]12CC(=O)[C@@H]3C[C@@H](Oc4nc5ccccc5nc4C(C)(F)F)CN3C(=O)[C@@H](CC(=O)OC(C)(C)C)CCCCC/C=C\[C@@H]1C2. The fraction of sp³-hybridized carbons (Fsp3) is 0.622. The maximum atomic E-state index is 14.8. The molecule has 0 radical (unpaired) electrons. The molecule has 5 atom stereocenters. The summed E-state index contributed by atoms with van der Waals surface area (Å²) in [6, 6.07) is 5.58. The number of para-hydroxylation sites is 2. The highest BCUT2D eigenvalue weighted by Gasteiger charge is 2.61. The average Bonchev–Trinajstić information content (AvgIpc) is 3.54. The quantitative estimate of drug-likeness (QED) is 0.238. The zero-order valence-corrected chi connectivity index (χ0v) is 29.0. The molecule has 2 aromatic rings. The van der Waals surface area contributed by atoms with E-state index in [1.807, 2.05) is 12.2 Å². The summed E-state index contributed by atoms with van der Waals surface area (Å²) in [5, 5.41) is 0. The minimum atomic E-state index is -3.39. The van der Waals surface area contributed by atoms with Crippen molar-refractivity contribution < 1.29 is 42.2 Å². The van der Waals surface area contributed by atoms with Crippen LogP contribution < -0.4 is 4.74 Å². The number of hydrogen-bond acceptors (Lipinski definition) is 9. The molecule has 1 amide bonds. The van der Waals surface area contributed by atoms with Gasteiger partial charge in [-0.05, 0) is 71.4 Å². The number of alkyl halides is 2. The van der Waals surface area contributed by atoms with Gasteiger partial charge in [0.1, 0.15) is 11.7 Å². The Bertz CT molecular complexity index is 1600. The maximum Gasteiger partial charge on any atom is 0.313 e. The lowest BCUT2D eigenvalue weighted by Gasteiger charge is -2.29. The second-order valence-corrected chi connectivity index (χ2v) is 14.6. The Hall–Kier alpha value is -3.96. The van der Waals surface area contributed by atoms with Crippen LogP contribution >= 0.6 is 0 Å². The number of carbonyl (C=O) groups is 4. The van der Waals surface area contributed by atoms with E-state index in [-0.39, 0.29) is 55.5 Å². The number of ether oxygens (including phenoxy) is 3. The number of nitrogens with zero attached hydrogens (tertiary/aromatic N) is 3. The molecule has 1 aromatic carbocycles. The van der Waals surface area contributed by atoms with Gasteiger partial charge >= 0.3 is 11.9 Å². The van der Waals surface area contributed by atoms with Crippen molar-refractivity contribution in [2.24, 2.45) is 17.3 Å². The molecule has 3 aliphatic rings. The van der Waals surface area contributed by atoms with Crippen LogP contribution in [-0.4, -0.2) is 69.4 Å². The predicted molar refractivity (Wildman–Crippen MR) is 177 cm³/mol. The third-order valence-electron chi connectivity index (χ3n) is 9.43. The van der Waals surface area contributed by atoms with E-state index in [1.165, 1.54) is 4.90 Å². The lowest BCUT2D eigenvalue weighted by molar-refractivity contribution is -0.159. The van der Waals surface area contributed by atoms with Gasteiger partial charge in [0.25, 0.3) is 5.92 Å². The van der Waals surface area contributed by atoms with E-state index in [2.05, 4.69) is 9.97 Å². The van der Waals surface area contributed by atoms with Crippen molar-refractivity contribution in [2.45, 2.75) is 116 Å². The monoisotopic (exact) mass is 683 g/mol. The molecular weight excluding hydrogens is 636 g/mol. The highest BCUT2D eigenvalue weighted by Crippen LogP contribution is 2.57. The molecule has 5 rings (SSSR count). The maximum absolute atomic E-state index is 14.8. The number of Topliss-reactive ketones (excluding diaryl/α,β-unsaturated/α-hetero) is 1. The third kappa shape index (κ3) is 8.62. The van der Waals surface area contributed by atoms with Gasteiger partial charge in [0.05, 0.1) is 42.1 Å². The molecule has 1 saturated heterocycles. The lowest BCUT2D eigenvalue weighted by Crippen LogP contribution is -2.45. The normalized spacial score (nSPS) is 27.4. The van der Waals surface area contributed by atoms with Gasteiger partial charge in [-0.15, -0.1) is 0 Å². The zero-order chi connectivity index (χ0) is 35.6. The van der Waals surface area contributed by atoms with Gasteiger partial charge in [-0.2, -0.15) is 8.78 Å². The van der Waals surface area contributed by atoms with Gasteiger partial charge in [0, 0.05) is 25.7 Å². The van der Waals surface area contributed by atoms with Crippen LogP contribution in [0, 0.1) is 17.3 Å². The summed E-state index contributed by atoms with van der Waals surface area (Å²) in [6.45, 7) is 7.75. The highest BCUT2D eigenvalue weighted by molar-refractivity contribution is 5.96. The topological polar surface area (TPSA) is 125 Å². The van der Waals surface area contributed by atoms with Crippen molar-refractivity contribution in [1.82, 2.24) is 14.9 Å². The number of ketones is 1. The van der Waals surface area contributed by atoms with Gasteiger partial charge in [0.15, 0.2) is 11.5 Å². The van der Waals surface area contributed by atoms with Crippen LogP contribution in [-0.2, 0) is 34.6 Å². The summed E-state index contributed by atoms with van der Waals surface area (Å²) in [4.78, 5) is 64.8. The summed E-state index contributed by atoms with van der Waals surface area (Å²) >= 11 is 0. The Morgan fingerprint density at radius 3 is 2.43 bits per heavy atom. The van der Waals surface area contributed by atoms with E-state index in [1.54, 1.807) is 52.0 Å². The smallest absolute Gasteiger partial charge is 0.313 e. The minimum absolute atomic E-state index is 0.00756. The number of esters is 2. The first-order valence-corrected chi connectivity index (χ1v) is 17.3. The number of halogens is 2. The van der Waals surface area contributed by atoms with E-state index in [0.717, 1.165) is 19.3 Å². The average molecular weight is 684 g/mol. The van der Waals surface area contributed by atoms with Crippen LogP contribution in [0.3, 0.4) is 0 Å².